The van der Waals surface area contributed by atoms with E-state index in [1.54, 1.807) is 6.20 Å². The van der Waals surface area contributed by atoms with E-state index >= 15 is 0 Å². The minimum absolute atomic E-state index is 0.180. The largest absolute Gasteiger partial charge is 0.378 e. The van der Waals surface area contributed by atoms with Gasteiger partial charge in [0.25, 0.3) is 5.56 Å². The van der Waals surface area contributed by atoms with Gasteiger partial charge in [0.2, 0.25) is 0 Å². The van der Waals surface area contributed by atoms with Crippen molar-refractivity contribution in [1.29, 1.82) is 0 Å². The highest BCUT2D eigenvalue weighted by Gasteiger charge is 2.09. The Hall–Kier alpha value is -1.85. The van der Waals surface area contributed by atoms with Gasteiger partial charge in [0.15, 0.2) is 0 Å². The molecule has 0 atom stereocenters. The van der Waals surface area contributed by atoms with Crippen molar-refractivity contribution in [2.24, 2.45) is 0 Å². The lowest BCUT2D eigenvalue weighted by Crippen LogP contribution is -2.29. The standard InChI is InChI=1S/C15H19ClN4O/c1-19(2)8-9-20-15(21)14(16)13(11-18-20)17-10-12-6-4-3-5-7-12/h3-7,11,17H,8-10H2,1-2H3. The fourth-order valence-corrected chi connectivity index (χ4v) is 2.05. The Bertz CT molecular complexity index is 640. The lowest BCUT2D eigenvalue weighted by atomic mass is 10.2. The topological polar surface area (TPSA) is 50.2 Å². The number of anilines is 1. The summed E-state index contributed by atoms with van der Waals surface area (Å²) in [7, 11) is 3.89. The van der Waals surface area contributed by atoms with Crippen LogP contribution in [0, 0.1) is 0 Å². The van der Waals surface area contributed by atoms with Gasteiger partial charge in [-0.3, -0.25) is 4.79 Å². The summed E-state index contributed by atoms with van der Waals surface area (Å²) < 4.78 is 1.38. The van der Waals surface area contributed by atoms with Crippen molar-refractivity contribution in [2.75, 3.05) is 26.0 Å². The van der Waals surface area contributed by atoms with Crippen LogP contribution in [0.5, 0.6) is 0 Å². The Kier molecular flexibility index (Phi) is 5.36. The SMILES string of the molecule is CN(C)CCn1ncc(NCc2ccccc2)c(Cl)c1=O. The Morgan fingerprint density at radius 3 is 2.67 bits per heavy atom. The first-order valence-electron chi connectivity index (χ1n) is 6.76. The number of rotatable bonds is 6. The van der Waals surface area contributed by atoms with Crippen LogP contribution in [0.4, 0.5) is 5.69 Å². The lowest BCUT2D eigenvalue weighted by molar-refractivity contribution is 0.367. The van der Waals surface area contributed by atoms with E-state index in [4.69, 9.17) is 11.6 Å². The summed E-state index contributed by atoms with van der Waals surface area (Å²) in [5, 5.41) is 7.48. The van der Waals surface area contributed by atoms with E-state index in [2.05, 4.69) is 10.4 Å². The van der Waals surface area contributed by atoms with E-state index in [-0.39, 0.29) is 10.6 Å². The molecular weight excluding hydrogens is 288 g/mol. The maximum atomic E-state index is 12.1. The minimum Gasteiger partial charge on any atom is -0.378 e. The van der Waals surface area contributed by atoms with Crippen molar-refractivity contribution in [3.05, 3.63) is 57.5 Å². The average molecular weight is 307 g/mol. The van der Waals surface area contributed by atoms with E-state index in [0.29, 0.717) is 18.8 Å². The second kappa shape index (κ2) is 7.24. The van der Waals surface area contributed by atoms with Gasteiger partial charge in [-0.15, -0.1) is 0 Å². The van der Waals surface area contributed by atoms with Gasteiger partial charge in [-0.1, -0.05) is 41.9 Å². The molecule has 0 bridgehead atoms. The third-order valence-corrected chi connectivity index (χ3v) is 3.43. The highest BCUT2D eigenvalue weighted by molar-refractivity contribution is 6.32. The van der Waals surface area contributed by atoms with Crippen molar-refractivity contribution >= 4 is 17.3 Å². The molecule has 1 aromatic carbocycles. The normalized spacial score (nSPS) is 10.9. The molecule has 0 radical (unpaired) electrons. The van der Waals surface area contributed by atoms with Crippen molar-refractivity contribution in [3.8, 4) is 0 Å². The summed E-state index contributed by atoms with van der Waals surface area (Å²) in [6.45, 7) is 1.86. The minimum atomic E-state index is -0.267. The predicted molar refractivity (Wildman–Crippen MR) is 85.8 cm³/mol. The molecule has 0 saturated carbocycles. The van der Waals surface area contributed by atoms with Crippen LogP contribution in [0.25, 0.3) is 0 Å². The van der Waals surface area contributed by atoms with Crippen LogP contribution in [-0.2, 0) is 13.1 Å². The number of nitrogens with one attached hydrogen (secondary N) is 1. The molecule has 112 valence electrons. The summed E-state index contributed by atoms with van der Waals surface area (Å²) >= 11 is 6.13. The number of hydrogen-bond acceptors (Lipinski definition) is 4. The quantitative estimate of drug-likeness (QED) is 0.887. The van der Waals surface area contributed by atoms with Gasteiger partial charge >= 0.3 is 0 Å². The summed E-state index contributed by atoms with van der Waals surface area (Å²) in [6.07, 6.45) is 1.60. The van der Waals surface area contributed by atoms with E-state index < -0.39 is 0 Å². The van der Waals surface area contributed by atoms with Crippen LogP contribution in [0.1, 0.15) is 5.56 Å². The first-order chi connectivity index (χ1) is 10.1. The Balaban J connectivity index is 2.08. The van der Waals surface area contributed by atoms with Crippen LogP contribution in [0.3, 0.4) is 0 Å². The highest BCUT2D eigenvalue weighted by Crippen LogP contribution is 2.16. The fourth-order valence-electron chi connectivity index (χ4n) is 1.84. The summed E-state index contributed by atoms with van der Waals surface area (Å²) in [5.41, 5.74) is 1.41. The summed E-state index contributed by atoms with van der Waals surface area (Å²) in [4.78, 5) is 14.1. The molecular formula is C15H19ClN4O. The van der Waals surface area contributed by atoms with Gasteiger partial charge in [0.05, 0.1) is 18.4 Å². The molecule has 0 saturated heterocycles. The van der Waals surface area contributed by atoms with Gasteiger partial charge in [-0.2, -0.15) is 5.10 Å². The zero-order valence-electron chi connectivity index (χ0n) is 12.2. The zero-order valence-corrected chi connectivity index (χ0v) is 13.0. The molecule has 1 N–H and O–H groups in total. The van der Waals surface area contributed by atoms with Gasteiger partial charge in [0.1, 0.15) is 5.02 Å². The predicted octanol–water partition coefficient (Wildman–Crippen LogP) is 2.07. The molecule has 0 fully saturated rings. The van der Waals surface area contributed by atoms with Gasteiger partial charge in [-0.25, -0.2) is 4.68 Å². The van der Waals surface area contributed by atoms with E-state index in [1.165, 1.54) is 4.68 Å². The van der Waals surface area contributed by atoms with E-state index in [0.717, 1.165) is 12.1 Å². The number of benzene rings is 1. The van der Waals surface area contributed by atoms with Crippen molar-refractivity contribution in [3.63, 3.8) is 0 Å². The molecule has 0 aliphatic heterocycles. The van der Waals surface area contributed by atoms with Crippen LogP contribution in [-0.4, -0.2) is 35.3 Å². The monoisotopic (exact) mass is 306 g/mol. The van der Waals surface area contributed by atoms with Gasteiger partial charge < -0.3 is 10.2 Å². The van der Waals surface area contributed by atoms with Crippen molar-refractivity contribution in [2.45, 2.75) is 13.1 Å². The Labute approximate surface area is 129 Å². The second-order valence-corrected chi connectivity index (χ2v) is 5.42. The van der Waals surface area contributed by atoms with Gasteiger partial charge in [-0.05, 0) is 19.7 Å². The lowest BCUT2D eigenvalue weighted by Gasteiger charge is -2.12. The summed E-state index contributed by atoms with van der Waals surface area (Å²) in [5.74, 6) is 0. The third-order valence-electron chi connectivity index (χ3n) is 3.07. The fraction of sp³-hybridized carbons (Fsp3) is 0.333. The molecule has 0 unspecified atom stereocenters. The first-order valence-corrected chi connectivity index (χ1v) is 7.14. The maximum Gasteiger partial charge on any atom is 0.287 e. The second-order valence-electron chi connectivity index (χ2n) is 5.04. The van der Waals surface area contributed by atoms with Gasteiger partial charge in [0, 0.05) is 13.1 Å². The zero-order chi connectivity index (χ0) is 15.2. The Morgan fingerprint density at radius 2 is 2.00 bits per heavy atom. The Morgan fingerprint density at radius 1 is 1.29 bits per heavy atom. The van der Waals surface area contributed by atoms with E-state index in [9.17, 15) is 4.79 Å². The van der Waals surface area contributed by atoms with Crippen molar-refractivity contribution < 1.29 is 0 Å². The molecule has 0 amide bonds. The molecule has 21 heavy (non-hydrogen) atoms. The number of halogens is 1. The molecule has 6 heteroatoms. The van der Waals surface area contributed by atoms with Crippen LogP contribution < -0.4 is 10.9 Å². The third kappa shape index (κ3) is 4.31. The van der Waals surface area contributed by atoms with Crippen LogP contribution >= 0.6 is 11.6 Å². The van der Waals surface area contributed by atoms with Crippen molar-refractivity contribution in [1.82, 2.24) is 14.7 Å². The van der Waals surface area contributed by atoms with E-state index in [1.807, 2.05) is 49.3 Å². The molecule has 0 aliphatic carbocycles. The number of aromatic nitrogens is 2. The smallest absolute Gasteiger partial charge is 0.287 e. The number of likely N-dealkylation sites (N-methyl/N-ethyl adjacent to an activating group) is 1. The highest BCUT2D eigenvalue weighted by atomic mass is 35.5. The average Bonchev–Trinajstić information content (AvgIpc) is 2.48. The maximum absolute atomic E-state index is 12.1. The molecule has 1 aromatic heterocycles. The summed E-state index contributed by atoms with van der Waals surface area (Å²) in [6, 6.07) is 9.91. The van der Waals surface area contributed by atoms with Crippen LogP contribution in [0.2, 0.25) is 5.02 Å². The number of nitrogens with zero attached hydrogens (tertiary/aromatic N) is 3. The molecule has 2 rings (SSSR count). The first kappa shape index (κ1) is 15.5. The molecule has 2 aromatic rings. The molecule has 0 spiro atoms. The molecule has 0 aliphatic rings. The molecule has 5 nitrogen and oxygen atoms in total. The van der Waals surface area contributed by atoms with Crippen LogP contribution in [0.15, 0.2) is 41.3 Å². The molecule has 1 heterocycles. The number of hydrogen-bond donors (Lipinski definition) is 1.